The fraction of sp³-hybridized carbons (Fsp3) is 0.433. The molecule has 1 aromatic heterocycles. The van der Waals surface area contributed by atoms with Gasteiger partial charge in [-0.3, -0.25) is 9.69 Å². The van der Waals surface area contributed by atoms with Crippen molar-refractivity contribution in [3.8, 4) is 6.07 Å². The SMILES string of the molecule is CCOC(=O)C1(Cc2cccc(C(N)S(C)(=O)=O)c2)CCN(Cc2cnc(C)n2Cc2ccc(C#N)cc2)CC1. The van der Waals surface area contributed by atoms with E-state index in [1.165, 1.54) is 0 Å². The van der Waals surface area contributed by atoms with Crippen LogP contribution >= 0.6 is 0 Å². The third-order valence-electron chi connectivity index (χ3n) is 7.75. The second-order valence-electron chi connectivity index (χ2n) is 10.6. The zero-order valence-electron chi connectivity index (χ0n) is 23.3. The van der Waals surface area contributed by atoms with E-state index in [1.54, 1.807) is 18.2 Å². The highest BCUT2D eigenvalue weighted by Crippen LogP contribution is 2.37. The molecule has 1 saturated heterocycles. The molecule has 2 aromatic carbocycles. The number of aryl methyl sites for hydroxylation is 1. The number of benzene rings is 2. The summed E-state index contributed by atoms with van der Waals surface area (Å²) in [6, 6.07) is 16.9. The van der Waals surface area contributed by atoms with E-state index in [9.17, 15) is 13.2 Å². The van der Waals surface area contributed by atoms with E-state index in [1.807, 2.05) is 50.4 Å². The highest BCUT2D eigenvalue weighted by molar-refractivity contribution is 7.90. The molecule has 0 spiro atoms. The molecule has 0 aliphatic carbocycles. The van der Waals surface area contributed by atoms with Gasteiger partial charge in [-0.1, -0.05) is 36.4 Å². The minimum atomic E-state index is -3.45. The number of esters is 1. The van der Waals surface area contributed by atoms with Crippen molar-refractivity contribution in [2.75, 3.05) is 26.0 Å². The number of carbonyl (C=O) groups is 1. The lowest BCUT2D eigenvalue weighted by Crippen LogP contribution is -2.46. The Labute approximate surface area is 236 Å². The summed E-state index contributed by atoms with van der Waals surface area (Å²) < 4.78 is 31.7. The molecule has 1 aliphatic heterocycles. The number of piperidine rings is 1. The summed E-state index contributed by atoms with van der Waals surface area (Å²) >= 11 is 0. The van der Waals surface area contributed by atoms with E-state index < -0.39 is 20.6 Å². The number of imidazole rings is 1. The molecular formula is C30H37N5O4S. The molecule has 10 heteroatoms. The lowest BCUT2D eigenvalue weighted by Gasteiger charge is -2.40. The maximum Gasteiger partial charge on any atom is 0.312 e. The van der Waals surface area contributed by atoms with Crippen molar-refractivity contribution in [2.45, 2.75) is 51.6 Å². The molecule has 0 saturated carbocycles. The van der Waals surface area contributed by atoms with E-state index in [0.29, 0.717) is 63.2 Å². The van der Waals surface area contributed by atoms with E-state index in [4.69, 9.17) is 15.7 Å². The molecule has 4 rings (SSSR count). The maximum atomic E-state index is 13.3. The monoisotopic (exact) mass is 563 g/mol. The molecule has 212 valence electrons. The van der Waals surface area contributed by atoms with Gasteiger partial charge in [0.15, 0.2) is 9.84 Å². The molecule has 1 fully saturated rings. The van der Waals surface area contributed by atoms with E-state index in [2.05, 4.69) is 20.5 Å². The van der Waals surface area contributed by atoms with Gasteiger partial charge in [0.1, 0.15) is 11.2 Å². The summed E-state index contributed by atoms with van der Waals surface area (Å²) in [4.78, 5) is 20.2. The van der Waals surface area contributed by atoms with Crippen molar-refractivity contribution in [3.05, 3.63) is 88.5 Å². The standard InChI is InChI=1S/C30H37N5O4S/c1-4-39-29(36)30(17-25-6-5-7-26(16-25)28(32)40(3,37)38)12-14-34(15-13-30)21-27-19-33-22(2)35(27)20-24-10-8-23(18-31)9-11-24/h5-11,16,19,28H,4,12-15,17,20-21,32H2,1-3H3. The lowest BCUT2D eigenvalue weighted by atomic mass is 9.73. The van der Waals surface area contributed by atoms with Gasteiger partial charge in [0, 0.05) is 25.5 Å². The van der Waals surface area contributed by atoms with Gasteiger partial charge in [0.2, 0.25) is 0 Å². The Morgan fingerprint density at radius 3 is 2.48 bits per heavy atom. The average molecular weight is 564 g/mol. The number of ether oxygens (including phenoxy) is 1. The van der Waals surface area contributed by atoms with Crippen LogP contribution in [0.25, 0.3) is 0 Å². The van der Waals surface area contributed by atoms with E-state index in [0.717, 1.165) is 28.9 Å². The van der Waals surface area contributed by atoms with Crippen LogP contribution in [0.15, 0.2) is 54.7 Å². The number of nitriles is 1. The van der Waals surface area contributed by atoms with E-state index >= 15 is 0 Å². The second kappa shape index (κ2) is 12.3. The quantitative estimate of drug-likeness (QED) is 0.371. The third-order valence-corrected chi connectivity index (χ3v) is 8.95. The number of nitrogens with zero attached hydrogens (tertiary/aromatic N) is 4. The van der Waals surface area contributed by atoms with Crippen LogP contribution in [-0.4, -0.2) is 54.8 Å². The number of hydrogen-bond acceptors (Lipinski definition) is 8. The van der Waals surface area contributed by atoms with Crippen molar-refractivity contribution >= 4 is 15.8 Å². The number of nitrogens with two attached hydrogens (primary N) is 1. The Hall–Kier alpha value is -3.52. The van der Waals surface area contributed by atoms with Gasteiger partial charge in [-0.25, -0.2) is 13.4 Å². The van der Waals surface area contributed by atoms with E-state index in [-0.39, 0.29) is 5.97 Å². The minimum Gasteiger partial charge on any atom is -0.466 e. The van der Waals surface area contributed by atoms with Crippen molar-refractivity contribution in [1.82, 2.24) is 14.5 Å². The summed E-state index contributed by atoms with van der Waals surface area (Å²) in [5, 5.41) is 7.97. The second-order valence-corrected chi connectivity index (χ2v) is 12.8. The van der Waals surface area contributed by atoms with Gasteiger partial charge in [0.05, 0.1) is 29.3 Å². The number of sulfone groups is 1. The number of carbonyl (C=O) groups excluding carboxylic acids is 1. The van der Waals surface area contributed by atoms with Crippen LogP contribution in [0.4, 0.5) is 0 Å². The summed E-state index contributed by atoms with van der Waals surface area (Å²) in [7, 11) is -3.45. The van der Waals surface area contributed by atoms with Crippen LogP contribution in [0.5, 0.6) is 0 Å². The Kier molecular flexibility index (Phi) is 9.08. The molecule has 1 unspecified atom stereocenters. The molecule has 1 aliphatic rings. The Bertz CT molecular complexity index is 1480. The molecule has 3 aromatic rings. The number of hydrogen-bond donors (Lipinski definition) is 1. The first-order chi connectivity index (χ1) is 19.0. The van der Waals surface area contributed by atoms with Gasteiger partial charge in [0.25, 0.3) is 0 Å². The van der Waals surface area contributed by atoms with Crippen molar-refractivity contribution in [1.29, 1.82) is 5.26 Å². The number of likely N-dealkylation sites (tertiary alicyclic amines) is 1. The normalized spacial score (nSPS) is 16.3. The predicted molar refractivity (Wildman–Crippen MR) is 153 cm³/mol. The van der Waals surface area contributed by atoms with Crippen LogP contribution in [0, 0.1) is 23.7 Å². The molecule has 9 nitrogen and oxygen atoms in total. The van der Waals surface area contributed by atoms with Crippen LogP contribution in [0.1, 0.15) is 58.9 Å². The Morgan fingerprint density at radius 2 is 1.85 bits per heavy atom. The highest BCUT2D eigenvalue weighted by atomic mass is 32.2. The highest BCUT2D eigenvalue weighted by Gasteiger charge is 2.43. The molecule has 2 N–H and O–H groups in total. The van der Waals surface area contributed by atoms with Crippen LogP contribution in [0.3, 0.4) is 0 Å². The first kappa shape index (κ1) is 29.5. The average Bonchev–Trinajstić information content (AvgIpc) is 3.27. The Morgan fingerprint density at radius 1 is 1.15 bits per heavy atom. The molecule has 0 amide bonds. The Balaban J connectivity index is 1.48. The smallest absolute Gasteiger partial charge is 0.312 e. The van der Waals surface area contributed by atoms with Crippen LogP contribution < -0.4 is 5.73 Å². The largest absolute Gasteiger partial charge is 0.466 e. The van der Waals surface area contributed by atoms with Crippen molar-refractivity contribution in [2.24, 2.45) is 11.1 Å². The number of rotatable bonds is 10. The topological polar surface area (TPSA) is 131 Å². The zero-order chi connectivity index (χ0) is 28.9. The fourth-order valence-electron chi connectivity index (χ4n) is 5.35. The van der Waals surface area contributed by atoms with Crippen LogP contribution in [-0.2, 0) is 38.9 Å². The van der Waals surface area contributed by atoms with Gasteiger partial charge in [-0.05, 0) is 75.0 Å². The molecule has 0 bridgehead atoms. The predicted octanol–water partition coefficient (Wildman–Crippen LogP) is 3.50. The molecule has 2 heterocycles. The molecule has 1 atom stereocenters. The first-order valence-corrected chi connectivity index (χ1v) is 15.4. The number of aromatic nitrogens is 2. The van der Waals surface area contributed by atoms with Gasteiger partial charge in [-0.15, -0.1) is 0 Å². The molecule has 0 radical (unpaired) electrons. The third kappa shape index (κ3) is 6.78. The molecule has 40 heavy (non-hydrogen) atoms. The lowest BCUT2D eigenvalue weighted by molar-refractivity contribution is -0.158. The summed E-state index contributed by atoms with van der Waals surface area (Å²) in [5.74, 6) is 0.707. The summed E-state index contributed by atoms with van der Waals surface area (Å²) in [5.41, 5.74) is 9.49. The van der Waals surface area contributed by atoms with Crippen molar-refractivity contribution in [3.63, 3.8) is 0 Å². The van der Waals surface area contributed by atoms with Gasteiger partial charge in [-0.2, -0.15) is 5.26 Å². The van der Waals surface area contributed by atoms with Gasteiger partial charge >= 0.3 is 5.97 Å². The minimum absolute atomic E-state index is 0.214. The van der Waals surface area contributed by atoms with Crippen molar-refractivity contribution < 1.29 is 17.9 Å². The summed E-state index contributed by atoms with van der Waals surface area (Å²) in [6.07, 6.45) is 4.73. The maximum absolute atomic E-state index is 13.3. The fourth-order valence-corrected chi connectivity index (χ4v) is 5.99. The zero-order valence-corrected chi connectivity index (χ0v) is 24.2. The van der Waals surface area contributed by atoms with Gasteiger partial charge < -0.3 is 15.0 Å². The van der Waals surface area contributed by atoms with Crippen LogP contribution in [0.2, 0.25) is 0 Å². The first-order valence-electron chi connectivity index (χ1n) is 13.5. The molecular weight excluding hydrogens is 526 g/mol. The summed E-state index contributed by atoms with van der Waals surface area (Å²) in [6.45, 7) is 6.89.